The Bertz CT molecular complexity index is 2490. The molecule has 0 radical (unpaired) electrons. The highest BCUT2D eigenvalue weighted by atomic mass is 14.4. The highest BCUT2D eigenvalue weighted by molar-refractivity contribution is 6.12. The van der Waals surface area contributed by atoms with Gasteiger partial charge in [-0.15, -0.1) is 0 Å². The largest absolute Gasteiger partial charge is 0.0984 e. The summed E-state index contributed by atoms with van der Waals surface area (Å²) >= 11 is 0. The van der Waals surface area contributed by atoms with Gasteiger partial charge in [0.15, 0.2) is 0 Å². The molecule has 0 saturated heterocycles. The maximum Gasteiger partial charge on any atom is 0.0121 e. The van der Waals surface area contributed by atoms with Crippen molar-refractivity contribution in [1.82, 2.24) is 0 Å². The molecule has 0 heterocycles. The maximum absolute atomic E-state index is 4.35. The van der Waals surface area contributed by atoms with Crippen molar-refractivity contribution in [2.24, 2.45) is 0 Å². The zero-order valence-electron chi connectivity index (χ0n) is 29.6. The van der Waals surface area contributed by atoms with E-state index in [-0.39, 0.29) is 5.41 Å². The van der Waals surface area contributed by atoms with E-state index in [4.69, 9.17) is 0 Å². The standard InChI is InChI=1S/C51H42/c1-7-33-17-16-23-42(39(33)8-2)34-25-27-35(28-26-34)49-40(9-3)41(10-4)50(46-22-12-11-21-45(46)49)38-19-15-18-36(31-38)37-29-30-44-43-20-13-14-24-47(43)51(5,6)48(44)32-37/h7-13,15-23,25-32H,1-4,14,24H2,5-6H3. The highest BCUT2D eigenvalue weighted by Crippen LogP contribution is 2.51. The monoisotopic (exact) mass is 654 g/mol. The smallest absolute Gasteiger partial charge is 0.0121 e. The molecule has 0 saturated carbocycles. The summed E-state index contributed by atoms with van der Waals surface area (Å²) in [6.07, 6.45) is 14.7. The van der Waals surface area contributed by atoms with Crippen LogP contribution in [0, 0.1) is 0 Å². The third kappa shape index (κ3) is 5.14. The van der Waals surface area contributed by atoms with E-state index >= 15 is 0 Å². The molecule has 0 unspecified atom stereocenters. The molecule has 0 heteroatoms. The van der Waals surface area contributed by atoms with Crippen LogP contribution in [-0.4, -0.2) is 0 Å². The Kier molecular flexibility index (Phi) is 8.04. The van der Waals surface area contributed by atoms with Crippen molar-refractivity contribution in [2.45, 2.75) is 32.1 Å². The summed E-state index contributed by atoms with van der Waals surface area (Å²) in [5.41, 5.74) is 19.6. The average Bonchev–Trinajstić information content (AvgIpc) is 3.41. The van der Waals surface area contributed by atoms with Gasteiger partial charge in [0.2, 0.25) is 0 Å². The third-order valence-corrected chi connectivity index (χ3v) is 11.1. The molecule has 8 rings (SSSR count). The van der Waals surface area contributed by atoms with Crippen molar-refractivity contribution in [3.8, 4) is 44.5 Å². The molecule has 0 fully saturated rings. The molecule has 0 spiro atoms. The first-order valence-corrected chi connectivity index (χ1v) is 17.9. The third-order valence-electron chi connectivity index (χ3n) is 11.1. The van der Waals surface area contributed by atoms with Crippen molar-refractivity contribution in [3.05, 3.63) is 187 Å². The van der Waals surface area contributed by atoms with Crippen LogP contribution in [0.4, 0.5) is 0 Å². The Balaban J connectivity index is 1.26. The van der Waals surface area contributed by atoms with Gasteiger partial charge in [0.25, 0.3) is 0 Å². The van der Waals surface area contributed by atoms with E-state index in [1.54, 1.807) is 5.57 Å². The van der Waals surface area contributed by atoms with Crippen molar-refractivity contribution < 1.29 is 0 Å². The number of benzene rings is 6. The van der Waals surface area contributed by atoms with Gasteiger partial charge < -0.3 is 0 Å². The lowest BCUT2D eigenvalue weighted by Gasteiger charge is -2.26. The lowest BCUT2D eigenvalue weighted by molar-refractivity contribution is 0.607. The molecule has 0 aromatic heterocycles. The molecule has 51 heavy (non-hydrogen) atoms. The number of rotatable bonds is 8. The molecule has 0 atom stereocenters. The van der Waals surface area contributed by atoms with Crippen molar-refractivity contribution in [1.29, 1.82) is 0 Å². The first kappa shape index (κ1) is 32.2. The van der Waals surface area contributed by atoms with Crippen molar-refractivity contribution in [2.75, 3.05) is 0 Å². The lowest BCUT2D eigenvalue weighted by Crippen LogP contribution is -2.17. The predicted octanol–water partition coefficient (Wildman–Crippen LogP) is 14.5. The van der Waals surface area contributed by atoms with Gasteiger partial charge in [-0.1, -0.05) is 179 Å². The van der Waals surface area contributed by atoms with Crippen molar-refractivity contribution >= 4 is 40.6 Å². The van der Waals surface area contributed by atoms with E-state index in [1.807, 2.05) is 24.3 Å². The average molecular weight is 655 g/mol. The molecule has 2 aliphatic rings. The molecule has 0 bridgehead atoms. The van der Waals surface area contributed by atoms with Crippen LogP contribution >= 0.6 is 0 Å². The van der Waals surface area contributed by atoms with Crippen LogP contribution < -0.4 is 0 Å². The zero-order valence-corrected chi connectivity index (χ0v) is 29.6. The number of hydrogen-bond donors (Lipinski definition) is 0. The van der Waals surface area contributed by atoms with Crippen molar-refractivity contribution in [3.63, 3.8) is 0 Å². The molecular formula is C51H42. The SMILES string of the molecule is C=Cc1cccc(-c2ccc(-c3c(C=C)c(C=C)c(-c4cccc(-c5ccc6c(c5)C(C)(C)C5=C6C=CCC5)c4)c4ccccc34)cc2)c1C=C. The van der Waals surface area contributed by atoms with E-state index in [9.17, 15) is 0 Å². The topological polar surface area (TPSA) is 0 Å². The fourth-order valence-electron chi connectivity index (χ4n) is 8.64. The molecule has 0 aliphatic heterocycles. The Morgan fingerprint density at radius 2 is 1.14 bits per heavy atom. The molecular weight excluding hydrogens is 613 g/mol. The van der Waals surface area contributed by atoms with Gasteiger partial charge in [-0.25, -0.2) is 0 Å². The van der Waals surface area contributed by atoms with E-state index < -0.39 is 0 Å². The van der Waals surface area contributed by atoms with Gasteiger partial charge in [0.05, 0.1) is 0 Å². The lowest BCUT2D eigenvalue weighted by atomic mass is 9.78. The van der Waals surface area contributed by atoms with E-state index in [2.05, 4.69) is 162 Å². The Hall–Kier alpha value is -5.98. The number of hydrogen-bond acceptors (Lipinski definition) is 0. The second-order valence-electron chi connectivity index (χ2n) is 14.1. The first-order chi connectivity index (χ1) is 24.9. The highest BCUT2D eigenvalue weighted by Gasteiger charge is 2.37. The minimum absolute atomic E-state index is 0.0335. The summed E-state index contributed by atoms with van der Waals surface area (Å²) in [7, 11) is 0. The predicted molar refractivity (Wildman–Crippen MR) is 224 cm³/mol. The van der Waals surface area contributed by atoms with Crippen LogP contribution in [0.25, 0.3) is 85.2 Å². The molecule has 0 amide bonds. The summed E-state index contributed by atoms with van der Waals surface area (Å²) in [6.45, 7) is 21.6. The molecule has 0 N–H and O–H groups in total. The summed E-state index contributed by atoms with van der Waals surface area (Å²) < 4.78 is 0. The molecule has 2 aliphatic carbocycles. The normalized spacial score (nSPS) is 14.2. The van der Waals surface area contributed by atoms with Crippen LogP contribution in [0.5, 0.6) is 0 Å². The second-order valence-corrected chi connectivity index (χ2v) is 14.1. The molecule has 6 aromatic rings. The van der Waals surface area contributed by atoms with Gasteiger partial charge in [-0.2, -0.15) is 0 Å². The molecule has 246 valence electrons. The second kappa shape index (κ2) is 12.7. The molecule has 0 nitrogen and oxygen atoms in total. The van der Waals surface area contributed by atoms with Gasteiger partial charge in [0, 0.05) is 5.41 Å². The van der Waals surface area contributed by atoms with Gasteiger partial charge >= 0.3 is 0 Å². The summed E-state index contributed by atoms with van der Waals surface area (Å²) in [5.74, 6) is 0. The van der Waals surface area contributed by atoms with E-state index in [0.29, 0.717) is 0 Å². The minimum Gasteiger partial charge on any atom is -0.0984 e. The fourth-order valence-corrected chi connectivity index (χ4v) is 8.64. The zero-order chi connectivity index (χ0) is 35.3. The minimum atomic E-state index is 0.0335. The maximum atomic E-state index is 4.35. The van der Waals surface area contributed by atoms with E-state index in [1.165, 1.54) is 49.7 Å². The summed E-state index contributed by atoms with van der Waals surface area (Å²) in [6, 6.07) is 40.0. The van der Waals surface area contributed by atoms with Gasteiger partial charge in [-0.05, 0) is 119 Å². The van der Waals surface area contributed by atoms with Crippen LogP contribution in [0.3, 0.4) is 0 Å². The van der Waals surface area contributed by atoms with Crippen LogP contribution in [-0.2, 0) is 5.41 Å². The Morgan fingerprint density at radius 3 is 1.82 bits per heavy atom. The summed E-state index contributed by atoms with van der Waals surface area (Å²) in [5, 5.41) is 2.39. The van der Waals surface area contributed by atoms with Crippen LogP contribution in [0.15, 0.2) is 153 Å². The van der Waals surface area contributed by atoms with Gasteiger partial charge in [-0.3, -0.25) is 0 Å². The number of fused-ring (bicyclic) bond motifs is 3. The van der Waals surface area contributed by atoms with Crippen LogP contribution in [0.2, 0.25) is 0 Å². The van der Waals surface area contributed by atoms with E-state index in [0.717, 1.165) is 57.3 Å². The summed E-state index contributed by atoms with van der Waals surface area (Å²) in [4.78, 5) is 0. The molecule has 6 aromatic carbocycles. The first-order valence-electron chi connectivity index (χ1n) is 17.9. The Labute approximate surface area is 302 Å². The quantitative estimate of drug-likeness (QED) is 0.153. The Morgan fingerprint density at radius 1 is 0.529 bits per heavy atom. The van der Waals surface area contributed by atoms with Gasteiger partial charge in [0.1, 0.15) is 0 Å². The van der Waals surface area contributed by atoms with Crippen LogP contribution in [0.1, 0.15) is 60.1 Å². The number of allylic oxidation sites excluding steroid dienone is 4. The fraction of sp³-hybridized carbons (Fsp3) is 0.0980.